The van der Waals surface area contributed by atoms with Crippen LogP contribution in [-0.4, -0.2) is 18.2 Å². The third-order valence-electron chi connectivity index (χ3n) is 2.19. The van der Waals surface area contributed by atoms with Crippen LogP contribution in [0, 0.1) is 11.3 Å². The first kappa shape index (κ1) is 16.1. The molecule has 20 heavy (non-hydrogen) atoms. The summed E-state index contributed by atoms with van der Waals surface area (Å²) in [5.74, 6) is 0. The summed E-state index contributed by atoms with van der Waals surface area (Å²) in [5, 5.41) is 12.0. The third-order valence-corrected chi connectivity index (χ3v) is 2.53. The van der Waals surface area contributed by atoms with Crippen molar-refractivity contribution in [3.05, 3.63) is 40.4 Å². The van der Waals surface area contributed by atoms with Gasteiger partial charge in [0.15, 0.2) is 0 Å². The van der Waals surface area contributed by atoms with E-state index in [9.17, 15) is 4.79 Å². The van der Waals surface area contributed by atoms with E-state index in [0.717, 1.165) is 5.56 Å². The maximum Gasteiger partial charge on any atom is 0.407 e. The van der Waals surface area contributed by atoms with E-state index in [1.165, 1.54) is 0 Å². The maximum absolute atomic E-state index is 11.4. The Labute approximate surface area is 124 Å². The first-order valence-electron chi connectivity index (χ1n) is 6.15. The first-order valence-corrected chi connectivity index (χ1v) is 6.52. The molecule has 0 aliphatic heterocycles. The summed E-state index contributed by atoms with van der Waals surface area (Å²) in [4.78, 5) is 11.4. The van der Waals surface area contributed by atoms with Gasteiger partial charge in [0.05, 0.1) is 11.6 Å². The van der Waals surface area contributed by atoms with Crippen LogP contribution < -0.4 is 5.32 Å². The monoisotopic (exact) mass is 292 g/mol. The number of halogens is 1. The molecule has 4 nitrogen and oxygen atoms in total. The first-order chi connectivity index (χ1) is 9.31. The van der Waals surface area contributed by atoms with Crippen LogP contribution in [-0.2, 0) is 4.74 Å². The second-order valence-corrected chi connectivity index (χ2v) is 5.54. The lowest BCUT2D eigenvalue weighted by Gasteiger charge is -2.19. The van der Waals surface area contributed by atoms with E-state index in [4.69, 9.17) is 21.6 Å². The molecule has 0 radical (unpaired) electrons. The Hall–Kier alpha value is -1.99. The van der Waals surface area contributed by atoms with Crippen molar-refractivity contribution in [2.75, 3.05) is 6.54 Å². The number of rotatable bonds is 3. The number of amides is 1. The number of alkyl carbamates (subject to hydrolysis) is 1. The van der Waals surface area contributed by atoms with Crippen LogP contribution in [0.15, 0.2) is 24.3 Å². The molecule has 106 valence electrons. The molecule has 5 heteroatoms. The zero-order valence-corrected chi connectivity index (χ0v) is 12.5. The SMILES string of the molecule is CC(C)(C)OC(=O)NCC=Cc1cc(C#N)ccc1Cl. The molecule has 0 heterocycles. The van der Waals surface area contributed by atoms with E-state index >= 15 is 0 Å². The van der Waals surface area contributed by atoms with Crippen LogP contribution in [0.5, 0.6) is 0 Å². The predicted octanol–water partition coefficient (Wildman–Crippen LogP) is 3.75. The zero-order valence-electron chi connectivity index (χ0n) is 11.7. The van der Waals surface area contributed by atoms with Gasteiger partial charge in [0.25, 0.3) is 0 Å². The fraction of sp³-hybridized carbons (Fsp3) is 0.333. The lowest BCUT2D eigenvalue weighted by molar-refractivity contribution is 0.0534. The third kappa shape index (κ3) is 5.77. The summed E-state index contributed by atoms with van der Waals surface area (Å²) in [6, 6.07) is 7.05. The van der Waals surface area contributed by atoms with Crippen LogP contribution in [0.4, 0.5) is 4.79 Å². The molecule has 1 rings (SSSR count). The topological polar surface area (TPSA) is 62.1 Å². The Kier molecular flexibility index (Phi) is 5.60. The lowest BCUT2D eigenvalue weighted by Crippen LogP contribution is -2.32. The molecule has 0 aliphatic carbocycles. The van der Waals surface area contributed by atoms with Gasteiger partial charge in [-0.25, -0.2) is 4.79 Å². The zero-order chi connectivity index (χ0) is 15.2. The highest BCUT2D eigenvalue weighted by Crippen LogP contribution is 2.18. The number of nitrogens with one attached hydrogen (secondary N) is 1. The Bertz CT molecular complexity index is 554. The molecule has 0 bridgehead atoms. The van der Waals surface area contributed by atoms with E-state index in [2.05, 4.69) is 5.32 Å². The highest BCUT2D eigenvalue weighted by atomic mass is 35.5. The van der Waals surface area contributed by atoms with E-state index < -0.39 is 11.7 Å². The fourth-order valence-corrected chi connectivity index (χ4v) is 1.56. The normalized spacial score (nSPS) is 11.2. The van der Waals surface area contributed by atoms with Gasteiger partial charge < -0.3 is 10.1 Å². The van der Waals surface area contributed by atoms with E-state index in [1.54, 1.807) is 51.1 Å². The summed E-state index contributed by atoms with van der Waals surface area (Å²) in [5.41, 5.74) is 0.754. The molecule has 1 aromatic rings. The maximum atomic E-state index is 11.4. The van der Waals surface area contributed by atoms with Gasteiger partial charge in [0, 0.05) is 11.6 Å². The van der Waals surface area contributed by atoms with E-state index in [-0.39, 0.29) is 0 Å². The molecule has 1 aromatic carbocycles. The van der Waals surface area contributed by atoms with Gasteiger partial charge in [-0.15, -0.1) is 0 Å². The summed E-state index contributed by atoms with van der Waals surface area (Å²) in [6.45, 7) is 5.72. The summed E-state index contributed by atoms with van der Waals surface area (Å²) >= 11 is 6.01. The Morgan fingerprint density at radius 1 is 1.50 bits per heavy atom. The second-order valence-electron chi connectivity index (χ2n) is 5.13. The molecular formula is C15H17ClN2O2. The molecule has 0 spiro atoms. The van der Waals surface area contributed by atoms with Gasteiger partial charge in [-0.2, -0.15) is 5.26 Å². The number of carbonyl (C=O) groups is 1. The Balaban J connectivity index is 2.54. The molecule has 0 saturated carbocycles. The largest absolute Gasteiger partial charge is 0.444 e. The van der Waals surface area contributed by atoms with Crippen molar-refractivity contribution in [3.63, 3.8) is 0 Å². The number of ether oxygens (including phenoxy) is 1. The summed E-state index contributed by atoms with van der Waals surface area (Å²) in [7, 11) is 0. The summed E-state index contributed by atoms with van der Waals surface area (Å²) < 4.78 is 5.10. The molecule has 0 saturated heterocycles. The van der Waals surface area contributed by atoms with Crippen LogP contribution >= 0.6 is 11.6 Å². The van der Waals surface area contributed by atoms with Crippen LogP contribution in [0.1, 0.15) is 31.9 Å². The Morgan fingerprint density at radius 3 is 2.80 bits per heavy atom. The van der Waals surface area contributed by atoms with Crippen molar-refractivity contribution < 1.29 is 9.53 Å². The van der Waals surface area contributed by atoms with Gasteiger partial charge in [0.2, 0.25) is 0 Å². The standard InChI is InChI=1S/C15H17ClN2O2/c1-15(2,3)20-14(19)18-8-4-5-12-9-11(10-17)6-7-13(12)16/h4-7,9H,8H2,1-3H3,(H,18,19). The number of hydrogen-bond acceptors (Lipinski definition) is 3. The Morgan fingerprint density at radius 2 is 2.20 bits per heavy atom. The van der Waals surface area contributed by atoms with Crippen LogP contribution in [0.3, 0.4) is 0 Å². The molecule has 0 unspecified atom stereocenters. The number of hydrogen-bond donors (Lipinski definition) is 1. The van der Waals surface area contributed by atoms with Crippen LogP contribution in [0.25, 0.3) is 6.08 Å². The summed E-state index contributed by atoms with van der Waals surface area (Å²) in [6.07, 6.45) is 3.02. The van der Waals surface area contributed by atoms with Crippen molar-refractivity contribution in [2.24, 2.45) is 0 Å². The molecule has 0 fully saturated rings. The van der Waals surface area contributed by atoms with Gasteiger partial charge in [-0.3, -0.25) is 0 Å². The van der Waals surface area contributed by atoms with E-state index in [1.807, 2.05) is 6.07 Å². The number of nitrogens with zero attached hydrogens (tertiary/aromatic N) is 1. The molecule has 1 N–H and O–H groups in total. The van der Waals surface area contributed by atoms with Crippen molar-refractivity contribution in [3.8, 4) is 6.07 Å². The second kappa shape index (κ2) is 6.97. The van der Waals surface area contributed by atoms with Crippen molar-refractivity contribution in [1.82, 2.24) is 5.32 Å². The van der Waals surface area contributed by atoms with Gasteiger partial charge in [0.1, 0.15) is 5.60 Å². The molecule has 0 atom stereocenters. The number of nitriles is 1. The molecular weight excluding hydrogens is 276 g/mol. The van der Waals surface area contributed by atoms with Gasteiger partial charge >= 0.3 is 6.09 Å². The molecule has 0 aromatic heterocycles. The lowest BCUT2D eigenvalue weighted by atomic mass is 10.1. The smallest absolute Gasteiger partial charge is 0.407 e. The van der Waals surface area contributed by atoms with E-state index in [0.29, 0.717) is 17.1 Å². The number of carbonyl (C=O) groups excluding carboxylic acids is 1. The highest BCUT2D eigenvalue weighted by Gasteiger charge is 2.14. The number of benzene rings is 1. The average Bonchev–Trinajstić information content (AvgIpc) is 2.34. The molecule has 1 amide bonds. The van der Waals surface area contributed by atoms with Crippen molar-refractivity contribution in [1.29, 1.82) is 5.26 Å². The predicted molar refractivity (Wildman–Crippen MR) is 79.4 cm³/mol. The van der Waals surface area contributed by atoms with Gasteiger partial charge in [-0.1, -0.05) is 23.8 Å². The minimum Gasteiger partial charge on any atom is -0.444 e. The fourth-order valence-electron chi connectivity index (χ4n) is 1.38. The quantitative estimate of drug-likeness (QED) is 0.923. The average molecular weight is 293 g/mol. The highest BCUT2D eigenvalue weighted by molar-refractivity contribution is 6.32. The van der Waals surface area contributed by atoms with Crippen molar-refractivity contribution >= 4 is 23.8 Å². The minimum atomic E-state index is -0.516. The molecule has 0 aliphatic rings. The van der Waals surface area contributed by atoms with Crippen LogP contribution in [0.2, 0.25) is 5.02 Å². The van der Waals surface area contributed by atoms with Crippen molar-refractivity contribution in [2.45, 2.75) is 26.4 Å². The minimum absolute atomic E-state index is 0.321. The van der Waals surface area contributed by atoms with Gasteiger partial charge in [-0.05, 0) is 44.5 Å².